The van der Waals surface area contributed by atoms with E-state index >= 15 is 0 Å². The van der Waals surface area contributed by atoms with Crippen LogP contribution in [0.15, 0.2) is 24.3 Å². The van der Waals surface area contributed by atoms with E-state index in [-0.39, 0.29) is 28.2 Å². The summed E-state index contributed by atoms with van der Waals surface area (Å²) >= 11 is 0. The third kappa shape index (κ3) is 2.06. The normalized spacial score (nSPS) is 25.3. The predicted octanol–water partition coefficient (Wildman–Crippen LogP) is 2.82. The number of nitro benzene ring substituents is 1. The standard InChI is InChI=1S/C13H18N2O3/c1-13(2)11(8-12(13)18-3)14-9-6-4-5-7-10(9)15(16)17/h4-7,11-12,14H,8H2,1-3H3. The highest BCUT2D eigenvalue weighted by atomic mass is 16.6. The Kier molecular flexibility index (Phi) is 3.26. The summed E-state index contributed by atoms with van der Waals surface area (Å²) in [5.41, 5.74) is 0.683. The molecule has 1 aliphatic carbocycles. The summed E-state index contributed by atoms with van der Waals surface area (Å²) in [6.45, 7) is 4.22. The van der Waals surface area contributed by atoms with Gasteiger partial charge in [0.1, 0.15) is 5.69 Å². The molecule has 0 bridgehead atoms. The maximum absolute atomic E-state index is 10.9. The van der Waals surface area contributed by atoms with Gasteiger partial charge in [-0.05, 0) is 12.5 Å². The molecule has 0 aromatic heterocycles. The number of ether oxygens (including phenoxy) is 1. The van der Waals surface area contributed by atoms with Crippen molar-refractivity contribution in [3.63, 3.8) is 0 Å². The van der Waals surface area contributed by atoms with E-state index in [0.29, 0.717) is 5.69 Å². The second kappa shape index (κ2) is 4.57. The van der Waals surface area contributed by atoms with Gasteiger partial charge in [0.15, 0.2) is 0 Å². The second-order valence-electron chi connectivity index (χ2n) is 5.25. The molecule has 1 fully saturated rings. The van der Waals surface area contributed by atoms with Gasteiger partial charge in [-0.3, -0.25) is 10.1 Å². The van der Waals surface area contributed by atoms with Crippen molar-refractivity contribution in [3.05, 3.63) is 34.4 Å². The van der Waals surface area contributed by atoms with Crippen LogP contribution in [0.3, 0.4) is 0 Å². The molecule has 0 amide bonds. The van der Waals surface area contributed by atoms with Crippen LogP contribution >= 0.6 is 0 Å². The van der Waals surface area contributed by atoms with Crippen LogP contribution in [0.5, 0.6) is 0 Å². The third-order valence-electron chi connectivity index (χ3n) is 3.89. The van der Waals surface area contributed by atoms with E-state index in [1.54, 1.807) is 25.3 Å². The molecule has 18 heavy (non-hydrogen) atoms. The lowest BCUT2D eigenvalue weighted by Crippen LogP contribution is -2.57. The Balaban J connectivity index is 2.14. The van der Waals surface area contributed by atoms with Gasteiger partial charge in [0, 0.05) is 24.6 Å². The molecule has 0 aliphatic heterocycles. The monoisotopic (exact) mass is 250 g/mol. The van der Waals surface area contributed by atoms with Crippen LogP contribution in [0.2, 0.25) is 0 Å². The smallest absolute Gasteiger partial charge is 0.292 e. The molecule has 2 rings (SSSR count). The topological polar surface area (TPSA) is 64.4 Å². The zero-order chi connectivity index (χ0) is 13.3. The molecular weight excluding hydrogens is 232 g/mol. The Bertz CT molecular complexity index is 459. The fraction of sp³-hybridized carbons (Fsp3) is 0.538. The Hall–Kier alpha value is -1.62. The fourth-order valence-corrected chi connectivity index (χ4v) is 2.47. The van der Waals surface area contributed by atoms with Gasteiger partial charge in [0.2, 0.25) is 0 Å². The molecule has 98 valence electrons. The molecule has 1 N–H and O–H groups in total. The zero-order valence-electron chi connectivity index (χ0n) is 10.8. The average molecular weight is 250 g/mol. The van der Waals surface area contributed by atoms with Crippen molar-refractivity contribution >= 4 is 11.4 Å². The first-order valence-corrected chi connectivity index (χ1v) is 5.99. The largest absolute Gasteiger partial charge is 0.381 e. The Morgan fingerprint density at radius 2 is 2.11 bits per heavy atom. The van der Waals surface area contributed by atoms with Crippen molar-refractivity contribution < 1.29 is 9.66 Å². The van der Waals surface area contributed by atoms with Gasteiger partial charge in [0.25, 0.3) is 5.69 Å². The van der Waals surface area contributed by atoms with Crippen molar-refractivity contribution in [2.75, 3.05) is 12.4 Å². The molecule has 2 unspecified atom stereocenters. The molecule has 5 nitrogen and oxygen atoms in total. The van der Waals surface area contributed by atoms with Gasteiger partial charge in [-0.2, -0.15) is 0 Å². The molecule has 1 aliphatic rings. The minimum atomic E-state index is -0.359. The number of nitrogens with zero attached hydrogens (tertiary/aromatic N) is 1. The Morgan fingerprint density at radius 3 is 2.67 bits per heavy atom. The number of nitrogens with one attached hydrogen (secondary N) is 1. The van der Waals surface area contributed by atoms with Crippen molar-refractivity contribution in [2.45, 2.75) is 32.4 Å². The van der Waals surface area contributed by atoms with Crippen molar-refractivity contribution in [3.8, 4) is 0 Å². The van der Waals surface area contributed by atoms with Crippen LogP contribution in [-0.4, -0.2) is 24.2 Å². The lowest BCUT2D eigenvalue weighted by molar-refractivity contribution is -0.384. The SMILES string of the molecule is COC1CC(Nc2ccccc2[N+](=O)[O-])C1(C)C. The number of hydrogen-bond acceptors (Lipinski definition) is 4. The summed E-state index contributed by atoms with van der Waals surface area (Å²) in [5, 5.41) is 14.2. The number of benzene rings is 1. The highest BCUT2D eigenvalue weighted by Crippen LogP contribution is 2.44. The van der Waals surface area contributed by atoms with Gasteiger partial charge in [-0.15, -0.1) is 0 Å². The minimum Gasteiger partial charge on any atom is -0.381 e. The van der Waals surface area contributed by atoms with Crippen LogP contribution in [0.25, 0.3) is 0 Å². The summed E-state index contributed by atoms with van der Waals surface area (Å²) in [6, 6.07) is 6.93. The van der Waals surface area contributed by atoms with E-state index in [0.717, 1.165) is 6.42 Å². The summed E-state index contributed by atoms with van der Waals surface area (Å²) in [5.74, 6) is 0. The lowest BCUT2D eigenvalue weighted by atomic mass is 9.64. The first kappa shape index (κ1) is 12.8. The number of para-hydroxylation sites is 2. The number of methoxy groups -OCH3 is 1. The number of rotatable bonds is 4. The van der Waals surface area contributed by atoms with Crippen LogP contribution in [0.1, 0.15) is 20.3 Å². The van der Waals surface area contributed by atoms with Gasteiger partial charge >= 0.3 is 0 Å². The van der Waals surface area contributed by atoms with Crippen LogP contribution < -0.4 is 5.32 Å². The predicted molar refractivity (Wildman–Crippen MR) is 69.7 cm³/mol. The minimum absolute atomic E-state index is 0.0154. The molecule has 1 saturated carbocycles. The molecule has 5 heteroatoms. The summed E-state index contributed by atoms with van der Waals surface area (Å²) in [4.78, 5) is 10.6. The molecule has 0 radical (unpaired) electrons. The van der Waals surface area contributed by atoms with Crippen molar-refractivity contribution in [2.24, 2.45) is 5.41 Å². The van der Waals surface area contributed by atoms with E-state index in [9.17, 15) is 10.1 Å². The van der Waals surface area contributed by atoms with Gasteiger partial charge in [-0.25, -0.2) is 0 Å². The highest BCUT2D eigenvalue weighted by Gasteiger charge is 2.48. The quantitative estimate of drug-likeness (QED) is 0.659. The van der Waals surface area contributed by atoms with Gasteiger partial charge in [0.05, 0.1) is 11.0 Å². The summed E-state index contributed by atoms with van der Waals surface area (Å²) < 4.78 is 5.37. The Labute approximate surface area is 106 Å². The van der Waals surface area contributed by atoms with Crippen molar-refractivity contribution in [1.29, 1.82) is 0 Å². The number of nitro groups is 1. The van der Waals surface area contributed by atoms with E-state index in [4.69, 9.17) is 4.74 Å². The van der Waals surface area contributed by atoms with Crippen LogP contribution in [0.4, 0.5) is 11.4 Å². The summed E-state index contributed by atoms with van der Waals surface area (Å²) in [7, 11) is 1.70. The van der Waals surface area contributed by atoms with Crippen molar-refractivity contribution in [1.82, 2.24) is 0 Å². The first-order chi connectivity index (χ1) is 8.46. The maximum atomic E-state index is 10.9. The zero-order valence-corrected chi connectivity index (χ0v) is 10.8. The summed E-state index contributed by atoms with van der Waals surface area (Å²) in [6.07, 6.45) is 1.08. The van der Waals surface area contributed by atoms with E-state index in [1.165, 1.54) is 6.07 Å². The van der Waals surface area contributed by atoms with Gasteiger partial charge < -0.3 is 10.1 Å². The molecule has 1 aromatic rings. The second-order valence-corrected chi connectivity index (χ2v) is 5.25. The van der Waals surface area contributed by atoms with Gasteiger partial charge in [-0.1, -0.05) is 26.0 Å². The molecule has 2 atom stereocenters. The highest BCUT2D eigenvalue weighted by molar-refractivity contribution is 5.62. The molecule has 1 aromatic carbocycles. The maximum Gasteiger partial charge on any atom is 0.292 e. The van der Waals surface area contributed by atoms with E-state index < -0.39 is 0 Å². The molecule has 0 heterocycles. The molecule has 0 saturated heterocycles. The number of anilines is 1. The Morgan fingerprint density at radius 1 is 1.44 bits per heavy atom. The van der Waals surface area contributed by atoms with Crippen LogP contribution in [-0.2, 0) is 4.74 Å². The fourth-order valence-electron chi connectivity index (χ4n) is 2.47. The first-order valence-electron chi connectivity index (χ1n) is 5.99. The molecular formula is C13H18N2O3. The van der Waals surface area contributed by atoms with Crippen LogP contribution in [0, 0.1) is 15.5 Å². The van der Waals surface area contributed by atoms with E-state index in [2.05, 4.69) is 19.2 Å². The van der Waals surface area contributed by atoms with E-state index in [1.807, 2.05) is 0 Å². The lowest BCUT2D eigenvalue weighted by Gasteiger charge is -2.51. The average Bonchev–Trinajstić information content (AvgIpc) is 2.34. The third-order valence-corrected chi connectivity index (χ3v) is 3.89. The number of hydrogen-bond donors (Lipinski definition) is 1. The molecule has 0 spiro atoms.